The van der Waals surface area contributed by atoms with E-state index in [9.17, 15) is 4.39 Å². The van der Waals surface area contributed by atoms with Gasteiger partial charge < -0.3 is 10.6 Å². The summed E-state index contributed by atoms with van der Waals surface area (Å²) in [4.78, 5) is 0. The lowest BCUT2D eigenvalue weighted by Gasteiger charge is -2.24. The SMILES string of the molecule is Fc1ccccc1N[C@H]1CCCNC1. The van der Waals surface area contributed by atoms with Crippen LogP contribution in [0, 0.1) is 5.82 Å². The van der Waals surface area contributed by atoms with Crippen molar-refractivity contribution in [2.45, 2.75) is 18.9 Å². The van der Waals surface area contributed by atoms with Crippen molar-refractivity contribution in [3.05, 3.63) is 30.1 Å². The molecule has 1 saturated heterocycles. The quantitative estimate of drug-likeness (QED) is 0.752. The first-order chi connectivity index (χ1) is 6.86. The highest BCUT2D eigenvalue weighted by Crippen LogP contribution is 2.15. The zero-order valence-electron chi connectivity index (χ0n) is 8.09. The molecule has 2 N–H and O–H groups in total. The predicted molar refractivity (Wildman–Crippen MR) is 55.9 cm³/mol. The van der Waals surface area contributed by atoms with Crippen LogP contribution in [-0.4, -0.2) is 19.1 Å². The second-order valence-electron chi connectivity index (χ2n) is 3.67. The lowest BCUT2D eigenvalue weighted by atomic mass is 10.1. The molecule has 1 fully saturated rings. The Labute approximate surface area is 83.5 Å². The van der Waals surface area contributed by atoms with E-state index in [0.717, 1.165) is 25.9 Å². The molecule has 2 rings (SSSR count). The van der Waals surface area contributed by atoms with E-state index in [2.05, 4.69) is 10.6 Å². The molecule has 14 heavy (non-hydrogen) atoms. The highest BCUT2D eigenvalue weighted by atomic mass is 19.1. The Morgan fingerprint density at radius 2 is 2.21 bits per heavy atom. The lowest BCUT2D eigenvalue weighted by molar-refractivity contribution is 0.477. The number of anilines is 1. The van der Waals surface area contributed by atoms with E-state index in [4.69, 9.17) is 0 Å². The molecule has 0 saturated carbocycles. The van der Waals surface area contributed by atoms with Gasteiger partial charge in [-0.15, -0.1) is 0 Å². The first kappa shape index (κ1) is 9.46. The summed E-state index contributed by atoms with van der Waals surface area (Å²) < 4.78 is 13.3. The van der Waals surface area contributed by atoms with Crippen molar-refractivity contribution < 1.29 is 4.39 Å². The Kier molecular flexibility index (Phi) is 2.99. The summed E-state index contributed by atoms with van der Waals surface area (Å²) in [6.07, 6.45) is 2.27. The molecule has 0 radical (unpaired) electrons. The lowest BCUT2D eigenvalue weighted by Crippen LogP contribution is -2.38. The fraction of sp³-hybridized carbons (Fsp3) is 0.455. The van der Waals surface area contributed by atoms with Crippen molar-refractivity contribution in [3.63, 3.8) is 0 Å². The second kappa shape index (κ2) is 4.42. The molecule has 0 aliphatic carbocycles. The molecule has 0 spiro atoms. The highest BCUT2D eigenvalue weighted by molar-refractivity contribution is 5.45. The van der Waals surface area contributed by atoms with Crippen molar-refractivity contribution >= 4 is 5.69 Å². The second-order valence-corrected chi connectivity index (χ2v) is 3.67. The molecule has 2 nitrogen and oxygen atoms in total. The topological polar surface area (TPSA) is 24.1 Å². The Morgan fingerprint density at radius 1 is 1.36 bits per heavy atom. The van der Waals surface area contributed by atoms with Crippen LogP contribution >= 0.6 is 0 Å². The van der Waals surface area contributed by atoms with Gasteiger partial charge in [-0.2, -0.15) is 0 Å². The largest absolute Gasteiger partial charge is 0.379 e. The molecule has 1 aromatic carbocycles. The van der Waals surface area contributed by atoms with Gasteiger partial charge in [0.15, 0.2) is 0 Å². The van der Waals surface area contributed by atoms with E-state index in [0.29, 0.717) is 11.7 Å². The van der Waals surface area contributed by atoms with Gasteiger partial charge in [0.25, 0.3) is 0 Å². The third kappa shape index (κ3) is 2.23. The van der Waals surface area contributed by atoms with E-state index >= 15 is 0 Å². The zero-order chi connectivity index (χ0) is 9.80. The number of benzene rings is 1. The monoisotopic (exact) mass is 194 g/mol. The van der Waals surface area contributed by atoms with Crippen LogP contribution < -0.4 is 10.6 Å². The molecule has 3 heteroatoms. The fourth-order valence-electron chi connectivity index (χ4n) is 1.77. The van der Waals surface area contributed by atoms with Gasteiger partial charge >= 0.3 is 0 Å². The van der Waals surface area contributed by atoms with E-state index in [1.165, 1.54) is 6.07 Å². The van der Waals surface area contributed by atoms with Crippen LogP contribution in [0.25, 0.3) is 0 Å². The smallest absolute Gasteiger partial charge is 0.146 e. The summed E-state index contributed by atoms with van der Waals surface area (Å²) in [6.45, 7) is 2.00. The third-order valence-corrected chi connectivity index (χ3v) is 2.53. The maximum absolute atomic E-state index is 13.3. The van der Waals surface area contributed by atoms with Crippen LogP contribution in [0.4, 0.5) is 10.1 Å². The summed E-state index contributed by atoms with van der Waals surface area (Å²) >= 11 is 0. The summed E-state index contributed by atoms with van der Waals surface area (Å²) in [5.41, 5.74) is 0.612. The van der Waals surface area contributed by atoms with Crippen LogP contribution in [0.3, 0.4) is 0 Å². The molecule has 1 aromatic rings. The van der Waals surface area contributed by atoms with Gasteiger partial charge in [0.1, 0.15) is 5.82 Å². The standard InChI is InChI=1S/C11H15FN2/c12-10-5-1-2-6-11(10)14-9-4-3-7-13-8-9/h1-2,5-6,9,13-14H,3-4,7-8H2/t9-/m0/s1. The van der Waals surface area contributed by atoms with Crippen LogP contribution in [0.2, 0.25) is 0 Å². The van der Waals surface area contributed by atoms with Gasteiger partial charge in [-0.1, -0.05) is 12.1 Å². The van der Waals surface area contributed by atoms with Gasteiger partial charge in [-0.05, 0) is 31.5 Å². The minimum absolute atomic E-state index is 0.168. The number of hydrogen-bond donors (Lipinski definition) is 2. The Morgan fingerprint density at radius 3 is 2.93 bits per heavy atom. The summed E-state index contributed by atoms with van der Waals surface area (Å²) in [6, 6.07) is 7.18. The minimum atomic E-state index is -0.168. The number of para-hydroxylation sites is 1. The molecule has 1 aliphatic rings. The Balaban J connectivity index is 1.99. The van der Waals surface area contributed by atoms with Crippen molar-refractivity contribution in [1.82, 2.24) is 5.32 Å². The van der Waals surface area contributed by atoms with Gasteiger partial charge in [-0.25, -0.2) is 4.39 Å². The van der Waals surface area contributed by atoms with Gasteiger partial charge in [0, 0.05) is 12.6 Å². The maximum atomic E-state index is 13.3. The third-order valence-electron chi connectivity index (χ3n) is 2.53. The molecule has 0 unspecified atom stereocenters. The number of halogens is 1. The average molecular weight is 194 g/mol. The van der Waals surface area contributed by atoms with E-state index in [1.54, 1.807) is 12.1 Å². The summed E-state index contributed by atoms with van der Waals surface area (Å²) in [5.74, 6) is -0.168. The van der Waals surface area contributed by atoms with E-state index in [-0.39, 0.29) is 5.82 Å². The van der Waals surface area contributed by atoms with E-state index < -0.39 is 0 Å². The summed E-state index contributed by atoms with van der Waals surface area (Å²) in [7, 11) is 0. The molecule has 0 bridgehead atoms. The molecule has 0 aromatic heterocycles. The molecular weight excluding hydrogens is 179 g/mol. The normalized spacial score (nSPS) is 21.9. The van der Waals surface area contributed by atoms with Crippen LogP contribution in [-0.2, 0) is 0 Å². The van der Waals surface area contributed by atoms with Crippen LogP contribution in [0.1, 0.15) is 12.8 Å². The minimum Gasteiger partial charge on any atom is -0.379 e. The molecule has 1 aliphatic heterocycles. The predicted octanol–water partition coefficient (Wildman–Crippen LogP) is 1.99. The number of piperidine rings is 1. The molecule has 0 amide bonds. The molecular formula is C11H15FN2. The number of nitrogens with one attached hydrogen (secondary N) is 2. The van der Waals surface area contributed by atoms with Gasteiger partial charge in [0.05, 0.1) is 5.69 Å². The van der Waals surface area contributed by atoms with Crippen molar-refractivity contribution in [2.75, 3.05) is 18.4 Å². The number of hydrogen-bond acceptors (Lipinski definition) is 2. The maximum Gasteiger partial charge on any atom is 0.146 e. The molecule has 76 valence electrons. The van der Waals surface area contributed by atoms with Crippen molar-refractivity contribution in [3.8, 4) is 0 Å². The Hall–Kier alpha value is -1.09. The van der Waals surface area contributed by atoms with Crippen LogP contribution in [0.15, 0.2) is 24.3 Å². The van der Waals surface area contributed by atoms with Crippen molar-refractivity contribution in [1.29, 1.82) is 0 Å². The Bertz CT molecular complexity index is 295. The zero-order valence-corrected chi connectivity index (χ0v) is 8.09. The summed E-state index contributed by atoms with van der Waals surface area (Å²) in [5, 5.41) is 6.50. The molecule has 1 heterocycles. The van der Waals surface area contributed by atoms with Crippen molar-refractivity contribution in [2.24, 2.45) is 0 Å². The first-order valence-corrected chi connectivity index (χ1v) is 5.08. The molecule has 1 atom stereocenters. The fourth-order valence-corrected chi connectivity index (χ4v) is 1.77. The van der Waals surface area contributed by atoms with E-state index in [1.807, 2.05) is 6.07 Å². The first-order valence-electron chi connectivity index (χ1n) is 5.08. The number of rotatable bonds is 2. The van der Waals surface area contributed by atoms with Crippen LogP contribution in [0.5, 0.6) is 0 Å². The van der Waals surface area contributed by atoms with Gasteiger partial charge in [-0.3, -0.25) is 0 Å². The highest BCUT2D eigenvalue weighted by Gasteiger charge is 2.13. The van der Waals surface area contributed by atoms with Gasteiger partial charge in [0.2, 0.25) is 0 Å². The average Bonchev–Trinajstić information content (AvgIpc) is 2.23.